The fourth-order valence-electron chi connectivity index (χ4n) is 2.61. The number of hydrogen-bond acceptors (Lipinski definition) is 5. The van der Waals surface area contributed by atoms with E-state index in [0.717, 1.165) is 0 Å². The quantitative estimate of drug-likeness (QED) is 0.690. The van der Waals surface area contributed by atoms with Crippen molar-refractivity contribution in [3.63, 3.8) is 0 Å². The topological polar surface area (TPSA) is 62.2 Å². The molecule has 0 saturated carbocycles. The monoisotopic (exact) mass is 413 g/mol. The number of piperazine rings is 1. The molecule has 0 unspecified atom stereocenters. The second kappa shape index (κ2) is 8.33. The summed E-state index contributed by atoms with van der Waals surface area (Å²) >= 11 is 13.6. The lowest BCUT2D eigenvalue weighted by Gasteiger charge is -2.34. The van der Waals surface area contributed by atoms with Crippen molar-refractivity contribution in [3.8, 4) is 0 Å². The van der Waals surface area contributed by atoms with Crippen LogP contribution in [0, 0.1) is 0 Å². The summed E-state index contributed by atoms with van der Waals surface area (Å²) in [5, 5.41) is 1.60. The zero-order valence-corrected chi connectivity index (χ0v) is 16.4. The summed E-state index contributed by atoms with van der Waals surface area (Å²) < 4.78 is 5.01. The second-order valence-electron chi connectivity index (χ2n) is 5.62. The lowest BCUT2D eigenvalue weighted by Crippen LogP contribution is -2.50. The van der Waals surface area contributed by atoms with Gasteiger partial charge in [0, 0.05) is 41.8 Å². The van der Waals surface area contributed by atoms with Crippen molar-refractivity contribution < 1.29 is 14.3 Å². The first-order chi connectivity index (χ1) is 12.5. The third kappa shape index (κ3) is 4.16. The van der Waals surface area contributed by atoms with Crippen molar-refractivity contribution in [2.75, 3.05) is 32.8 Å². The Hall–Kier alpha value is -1.70. The third-order valence-electron chi connectivity index (χ3n) is 3.96. The number of aliphatic imine (C=N–C) groups is 1. The van der Waals surface area contributed by atoms with Crippen LogP contribution in [0.25, 0.3) is 6.08 Å². The van der Waals surface area contributed by atoms with E-state index in [2.05, 4.69) is 4.99 Å². The summed E-state index contributed by atoms with van der Waals surface area (Å²) in [6, 6.07) is 5.20. The van der Waals surface area contributed by atoms with Crippen molar-refractivity contribution in [3.05, 3.63) is 38.7 Å². The number of ether oxygens (including phenoxy) is 1. The fourth-order valence-corrected chi connectivity index (χ4v) is 4.06. The predicted octanol–water partition coefficient (Wildman–Crippen LogP) is 3.74. The van der Waals surface area contributed by atoms with E-state index in [-0.39, 0.29) is 12.0 Å². The maximum Gasteiger partial charge on any atom is 0.409 e. The van der Waals surface area contributed by atoms with E-state index in [1.165, 1.54) is 11.8 Å². The van der Waals surface area contributed by atoms with Gasteiger partial charge in [0.05, 0.1) is 11.5 Å². The van der Waals surface area contributed by atoms with Gasteiger partial charge in [0.2, 0.25) is 0 Å². The van der Waals surface area contributed by atoms with Crippen LogP contribution in [0.3, 0.4) is 0 Å². The molecule has 0 atom stereocenters. The van der Waals surface area contributed by atoms with E-state index in [0.29, 0.717) is 58.5 Å². The smallest absolute Gasteiger partial charge is 0.409 e. The second-order valence-corrected chi connectivity index (χ2v) is 7.44. The van der Waals surface area contributed by atoms with Crippen molar-refractivity contribution in [1.82, 2.24) is 9.80 Å². The zero-order valence-electron chi connectivity index (χ0n) is 14.1. The lowest BCUT2D eigenvalue weighted by molar-refractivity contribution is -0.113. The van der Waals surface area contributed by atoms with Gasteiger partial charge in [-0.15, -0.1) is 0 Å². The normalized spacial score (nSPS) is 19.1. The first kappa shape index (κ1) is 19.1. The third-order valence-corrected chi connectivity index (χ3v) is 5.66. The van der Waals surface area contributed by atoms with Gasteiger partial charge in [-0.2, -0.15) is 4.99 Å². The van der Waals surface area contributed by atoms with Crippen molar-refractivity contribution >= 4 is 58.2 Å². The van der Waals surface area contributed by atoms with Crippen LogP contribution in [-0.2, 0) is 9.53 Å². The Balaban J connectivity index is 1.66. The Morgan fingerprint density at radius 2 is 1.92 bits per heavy atom. The molecule has 9 heteroatoms. The van der Waals surface area contributed by atoms with Gasteiger partial charge in [0.15, 0.2) is 5.17 Å². The molecule has 0 aliphatic carbocycles. The summed E-state index contributed by atoms with van der Waals surface area (Å²) in [4.78, 5) is 32.3. The van der Waals surface area contributed by atoms with Gasteiger partial charge in [-0.05, 0) is 36.9 Å². The van der Waals surface area contributed by atoms with Crippen LogP contribution >= 0.6 is 35.0 Å². The van der Waals surface area contributed by atoms with Crippen LogP contribution in [0.4, 0.5) is 4.79 Å². The molecule has 1 fully saturated rings. The molecule has 1 saturated heterocycles. The zero-order chi connectivity index (χ0) is 18.7. The van der Waals surface area contributed by atoms with Crippen molar-refractivity contribution in [2.24, 2.45) is 4.99 Å². The number of carbonyl (C=O) groups is 2. The number of nitrogens with zero attached hydrogens (tertiary/aromatic N) is 3. The molecule has 1 aromatic carbocycles. The largest absolute Gasteiger partial charge is 0.450 e. The van der Waals surface area contributed by atoms with Gasteiger partial charge in [0.1, 0.15) is 0 Å². The van der Waals surface area contributed by atoms with E-state index in [4.69, 9.17) is 27.9 Å². The van der Waals surface area contributed by atoms with Crippen LogP contribution in [0.5, 0.6) is 0 Å². The molecule has 2 aliphatic rings. The number of thioether (sulfide) groups is 1. The molecular weight excluding hydrogens is 397 g/mol. The molecule has 0 aromatic heterocycles. The van der Waals surface area contributed by atoms with E-state index >= 15 is 0 Å². The number of rotatable bonds is 2. The molecule has 6 nitrogen and oxygen atoms in total. The standard InChI is InChI=1S/C17H17Cl2N3O3S/c1-2-25-17(24)22-8-6-21(7-9-22)16-20-15(23)14(26-16)10-11-12(18)4-3-5-13(11)19/h3-5,10H,2,6-9H2,1H3. The highest BCUT2D eigenvalue weighted by Crippen LogP contribution is 2.34. The van der Waals surface area contributed by atoms with Gasteiger partial charge >= 0.3 is 6.09 Å². The van der Waals surface area contributed by atoms with Crippen molar-refractivity contribution in [1.29, 1.82) is 0 Å². The number of halogens is 2. The number of amidine groups is 1. The SMILES string of the molecule is CCOC(=O)N1CCN(C2=NC(=O)C(=Cc3c(Cl)cccc3Cl)S2)CC1. The molecule has 0 N–H and O–H groups in total. The number of carbonyl (C=O) groups excluding carboxylic acids is 2. The minimum absolute atomic E-state index is 0.307. The molecule has 0 spiro atoms. The van der Waals surface area contributed by atoms with Crippen LogP contribution in [0.15, 0.2) is 28.1 Å². The first-order valence-corrected chi connectivity index (χ1v) is 9.70. The number of amides is 2. The molecule has 2 heterocycles. The van der Waals surface area contributed by atoms with Crippen molar-refractivity contribution in [2.45, 2.75) is 6.92 Å². The summed E-state index contributed by atoms with van der Waals surface area (Å²) in [6.07, 6.45) is 1.36. The number of hydrogen-bond donors (Lipinski definition) is 0. The van der Waals surface area contributed by atoms with E-state index < -0.39 is 0 Å². The summed E-state index contributed by atoms with van der Waals surface area (Å²) in [7, 11) is 0. The first-order valence-electron chi connectivity index (χ1n) is 8.13. The Morgan fingerprint density at radius 1 is 1.27 bits per heavy atom. The minimum atomic E-state index is -0.311. The van der Waals surface area contributed by atoms with E-state index in [1.54, 1.807) is 36.1 Å². The summed E-state index contributed by atoms with van der Waals surface area (Å²) in [6.45, 7) is 4.39. The highest BCUT2D eigenvalue weighted by atomic mass is 35.5. The maximum absolute atomic E-state index is 12.2. The fraction of sp³-hybridized carbons (Fsp3) is 0.353. The van der Waals surface area contributed by atoms with Gasteiger partial charge in [-0.25, -0.2) is 4.79 Å². The lowest BCUT2D eigenvalue weighted by atomic mass is 10.2. The molecule has 2 amide bonds. The van der Waals surface area contributed by atoms with Gasteiger partial charge in [0.25, 0.3) is 5.91 Å². The minimum Gasteiger partial charge on any atom is -0.450 e. The average Bonchev–Trinajstić information content (AvgIpc) is 2.99. The molecule has 0 bridgehead atoms. The Morgan fingerprint density at radius 3 is 2.54 bits per heavy atom. The summed E-state index contributed by atoms with van der Waals surface area (Å²) in [5.74, 6) is -0.311. The van der Waals surface area contributed by atoms with Crippen LogP contribution in [0.2, 0.25) is 10.0 Å². The maximum atomic E-state index is 12.2. The predicted molar refractivity (Wildman–Crippen MR) is 105 cm³/mol. The molecule has 3 rings (SSSR count). The number of benzene rings is 1. The van der Waals surface area contributed by atoms with E-state index in [1.807, 2.05) is 4.90 Å². The van der Waals surface area contributed by atoms with E-state index in [9.17, 15) is 9.59 Å². The average molecular weight is 414 g/mol. The molecule has 0 radical (unpaired) electrons. The highest BCUT2D eigenvalue weighted by molar-refractivity contribution is 8.18. The van der Waals surface area contributed by atoms with Crippen LogP contribution in [0.1, 0.15) is 12.5 Å². The Bertz CT molecular complexity index is 769. The molecular formula is C17H17Cl2N3O3S. The molecule has 26 heavy (non-hydrogen) atoms. The van der Waals surface area contributed by atoms with Crippen LogP contribution in [-0.4, -0.2) is 59.8 Å². The van der Waals surface area contributed by atoms with Gasteiger partial charge < -0.3 is 14.5 Å². The molecule has 1 aromatic rings. The Kier molecular flexibility index (Phi) is 6.11. The van der Waals surface area contributed by atoms with Crippen LogP contribution < -0.4 is 0 Å². The molecule has 2 aliphatic heterocycles. The Labute approximate surface area is 165 Å². The highest BCUT2D eigenvalue weighted by Gasteiger charge is 2.30. The van der Waals surface area contributed by atoms with Gasteiger partial charge in [-0.3, -0.25) is 4.79 Å². The summed E-state index contributed by atoms with van der Waals surface area (Å²) in [5.41, 5.74) is 0.607. The van der Waals surface area contributed by atoms with Gasteiger partial charge in [-0.1, -0.05) is 29.3 Å². The molecule has 138 valence electrons.